The van der Waals surface area contributed by atoms with E-state index in [0.717, 1.165) is 26.2 Å². The molecule has 0 bridgehead atoms. The predicted octanol–water partition coefficient (Wildman–Crippen LogP) is 2.28. The molecule has 176 valence electrons. The van der Waals surface area contributed by atoms with Crippen LogP contribution in [0.4, 0.5) is 11.4 Å². The number of carbonyl (C=O) groups excluding carboxylic acids is 2. The normalized spacial score (nSPS) is 17.2. The molecule has 35 heavy (non-hydrogen) atoms. The molecule has 0 saturated carbocycles. The summed E-state index contributed by atoms with van der Waals surface area (Å²) in [6, 6.07) is 21.7. The molecule has 1 aliphatic heterocycles. The number of hydrogen-bond acceptors (Lipinski definition) is 6. The van der Waals surface area contributed by atoms with Gasteiger partial charge in [-0.3, -0.25) is 9.69 Å². The van der Waals surface area contributed by atoms with E-state index in [1.165, 1.54) is 23.8 Å². The molecule has 3 aromatic rings. The number of methoxy groups -OCH3 is 1. The predicted molar refractivity (Wildman–Crippen MR) is 131 cm³/mol. The van der Waals surface area contributed by atoms with E-state index in [9.17, 15) is 14.7 Å². The van der Waals surface area contributed by atoms with Crippen LogP contribution >= 0.6 is 0 Å². The van der Waals surface area contributed by atoms with E-state index < -0.39 is 5.97 Å². The van der Waals surface area contributed by atoms with Crippen LogP contribution in [0, 0.1) is 0 Å². The molecular weight excluding hydrogens is 442 g/mol. The zero-order valence-electron chi connectivity index (χ0n) is 19.4. The van der Waals surface area contributed by atoms with Gasteiger partial charge in [-0.2, -0.15) is 0 Å². The molecule has 0 amide bonds. The highest BCUT2D eigenvalue weighted by Gasteiger charge is 2.31. The summed E-state index contributed by atoms with van der Waals surface area (Å²) < 4.78 is 4.75. The number of carbonyl (C=O) groups is 2. The highest BCUT2D eigenvalue weighted by Crippen LogP contribution is 2.30. The lowest BCUT2D eigenvalue weighted by atomic mass is 9.90. The SMILES string of the molecule is COC(=O)c1ccc(N=C2C=C(N3CC[NH+](c4ccccc4)CC3)C(=O)c3cccc([O-])c32)cc1. The maximum absolute atomic E-state index is 13.4. The van der Waals surface area contributed by atoms with Gasteiger partial charge in [0.05, 0.1) is 55.9 Å². The number of quaternary nitrogens is 1. The maximum Gasteiger partial charge on any atom is 0.337 e. The van der Waals surface area contributed by atoms with Crippen LogP contribution < -0.4 is 10.0 Å². The van der Waals surface area contributed by atoms with Crippen LogP contribution in [0.5, 0.6) is 5.75 Å². The van der Waals surface area contributed by atoms with Crippen molar-refractivity contribution in [2.24, 2.45) is 4.99 Å². The Kier molecular flexibility index (Phi) is 6.16. The fraction of sp³-hybridized carbons (Fsp3) is 0.179. The number of fused-ring (bicyclic) bond motifs is 1. The van der Waals surface area contributed by atoms with E-state index in [0.29, 0.717) is 33.8 Å². The zero-order valence-corrected chi connectivity index (χ0v) is 19.4. The lowest BCUT2D eigenvalue weighted by Crippen LogP contribution is -3.10. The van der Waals surface area contributed by atoms with Crippen molar-refractivity contribution in [1.82, 2.24) is 4.90 Å². The molecule has 1 heterocycles. The van der Waals surface area contributed by atoms with Crippen molar-refractivity contribution in [2.75, 3.05) is 33.3 Å². The van der Waals surface area contributed by atoms with E-state index in [-0.39, 0.29) is 11.5 Å². The number of Topliss-reactive ketones (excluding diaryl/α,β-unsaturated/α-hetero) is 1. The number of para-hydroxylation sites is 1. The number of benzene rings is 3. The Bertz CT molecular complexity index is 1320. The Morgan fingerprint density at radius 2 is 1.69 bits per heavy atom. The minimum Gasteiger partial charge on any atom is -0.872 e. The van der Waals surface area contributed by atoms with Gasteiger partial charge in [0.1, 0.15) is 5.69 Å². The van der Waals surface area contributed by atoms with Crippen LogP contribution in [0.15, 0.2) is 89.6 Å². The maximum atomic E-state index is 13.4. The average Bonchev–Trinajstić information content (AvgIpc) is 2.91. The number of esters is 1. The van der Waals surface area contributed by atoms with Crippen molar-refractivity contribution in [2.45, 2.75) is 0 Å². The molecule has 0 spiro atoms. The van der Waals surface area contributed by atoms with Crippen molar-refractivity contribution in [3.8, 4) is 5.75 Å². The molecular formula is C28H25N3O4. The molecule has 1 saturated heterocycles. The summed E-state index contributed by atoms with van der Waals surface area (Å²) in [4.78, 5) is 33.3. The second kappa shape index (κ2) is 9.56. The lowest BCUT2D eigenvalue weighted by Gasteiger charge is -2.36. The summed E-state index contributed by atoms with van der Waals surface area (Å²) in [6.45, 7) is 3.17. The molecule has 7 nitrogen and oxygen atoms in total. The fourth-order valence-electron chi connectivity index (χ4n) is 4.62. The van der Waals surface area contributed by atoms with Crippen molar-refractivity contribution in [1.29, 1.82) is 0 Å². The number of piperazine rings is 1. The molecule has 1 N–H and O–H groups in total. The van der Waals surface area contributed by atoms with Crippen LogP contribution in [-0.2, 0) is 4.74 Å². The topological polar surface area (TPSA) is 86.5 Å². The molecule has 7 heteroatoms. The third-order valence-electron chi connectivity index (χ3n) is 6.46. The number of hydrogen-bond donors (Lipinski definition) is 1. The van der Waals surface area contributed by atoms with Gasteiger partial charge in [0.2, 0.25) is 5.78 Å². The van der Waals surface area contributed by atoms with Gasteiger partial charge < -0.3 is 14.7 Å². The Balaban J connectivity index is 1.46. The van der Waals surface area contributed by atoms with Crippen molar-refractivity contribution < 1.29 is 24.3 Å². The zero-order chi connectivity index (χ0) is 24.4. The largest absolute Gasteiger partial charge is 0.872 e. The summed E-state index contributed by atoms with van der Waals surface area (Å²) in [5, 5.41) is 12.7. The Hall–Kier alpha value is -4.23. The summed E-state index contributed by atoms with van der Waals surface area (Å²) in [7, 11) is 1.33. The lowest BCUT2D eigenvalue weighted by molar-refractivity contribution is -0.837. The first kappa shape index (κ1) is 22.6. The highest BCUT2D eigenvalue weighted by atomic mass is 16.5. The van der Waals surface area contributed by atoms with Gasteiger partial charge in [0.15, 0.2) is 0 Å². The number of aliphatic imine (C=N–C) groups is 1. The standard InChI is InChI=1S/C28H25N3O4/c1-35-28(34)19-10-12-20(13-11-19)29-23-18-24(27(33)22-8-5-9-25(32)26(22)23)31-16-14-30(15-17-31)21-6-3-2-4-7-21/h2-13,18,32H,14-17H2,1H3. The molecule has 0 unspecified atom stereocenters. The van der Waals surface area contributed by atoms with Gasteiger partial charge in [-0.1, -0.05) is 42.1 Å². The van der Waals surface area contributed by atoms with E-state index in [1.807, 2.05) is 18.2 Å². The summed E-state index contributed by atoms with van der Waals surface area (Å²) in [6.07, 6.45) is 1.73. The summed E-state index contributed by atoms with van der Waals surface area (Å²) in [5.74, 6) is -0.825. The molecule has 0 atom stereocenters. The summed E-state index contributed by atoms with van der Waals surface area (Å²) >= 11 is 0. The third-order valence-corrected chi connectivity index (χ3v) is 6.46. The molecule has 2 aliphatic rings. The highest BCUT2D eigenvalue weighted by molar-refractivity contribution is 6.27. The van der Waals surface area contributed by atoms with Gasteiger partial charge in [0.25, 0.3) is 0 Å². The number of ether oxygens (including phenoxy) is 1. The number of rotatable bonds is 4. The molecule has 0 aromatic heterocycles. The number of nitrogens with one attached hydrogen (secondary N) is 1. The van der Waals surface area contributed by atoms with E-state index in [1.54, 1.807) is 42.5 Å². The first-order chi connectivity index (χ1) is 17.0. The van der Waals surface area contributed by atoms with Crippen LogP contribution in [-0.4, -0.2) is 55.7 Å². The van der Waals surface area contributed by atoms with Crippen molar-refractivity contribution in [3.63, 3.8) is 0 Å². The molecule has 1 aliphatic carbocycles. The first-order valence-corrected chi connectivity index (χ1v) is 11.5. The second-order valence-corrected chi connectivity index (χ2v) is 8.53. The van der Waals surface area contributed by atoms with Crippen LogP contribution in [0.2, 0.25) is 0 Å². The van der Waals surface area contributed by atoms with Gasteiger partial charge in [-0.15, -0.1) is 0 Å². The molecule has 1 fully saturated rings. The Morgan fingerprint density at radius 3 is 2.37 bits per heavy atom. The minimum atomic E-state index is -0.432. The van der Waals surface area contributed by atoms with Gasteiger partial charge >= 0.3 is 5.97 Å². The fourth-order valence-corrected chi connectivity index (χ4v) is 4.62. The van der Waals surface area contributed by atoms with Crippen LogP contribution in [0.25, 0.3) is 0 Å². The van der Waals surface area contributed by atoms with Gasteiger partial charge in [0, 0.05) is 11.1 Å². The number of allylic oxidation sites excluding steroid dienone is 2. The number of nitrogens with zero attached hydrogens (tertiary/aromatic N) is 2. The van der Waals surface area contributed by atoms with E-state index >= 15 is 0 Å². The second-order valence-electron chi connectivity index (χ2n) is 8.53. The van der Waals surface area contributed by atoms with E-state index in [2.05, 4.69) is 17.0 Å². The quantitative estimate of drug-likeness (QED) is 0.595. The first-order valence-electron chi connectivity index (χ1n) is 11.5. The molecule has 5 rings (SSSR count). The monoisotopic (exact) mass is 467 g/mol. The van der Waals surface area contributed by atoms with Crippen LogP contribution in [0.1, 0.15) is 26.3 Å². The smallest absolute Gasteiger partial charge is 0.337 e. The molecule has 3 aromatic carbocycles. The van der Waals surface area contributed by atoms with Crippen molar-refractivity contribution >= 4 is 28.8 Å². The Morgan fingerprint density at radius 1 is 0.971 bits per heavy atom. The minimum absolute atomic E-state index is 0.152. The third kappa shape index (κ3) is 4.46. The van der Waals surface area contributed by atoms with Crippen LogP contribution in [0.3, 0.4) is 0 Å². The number of ketones is 1. The summed E-state index contributed by atoms with van der Waals surface area (Å²) in [5.41, 5.74) is 3.92. The van der Waals surface area contributed by atoms with E-state index in [4.69, 9.17) is 9.73 Å². The van der Waals surface area contributed by atoms with Gasteiger partial charge in [-0.05, 0) is 42.5 Å². The molecule has 0 radical (unpaired) electrons. The average molecular weight is 468 g/mol. The van der Waals surface area contributed by atoms with Gasteiger partial charge in [-0.25, -0.2) is 9.79 Å². The van der Waals surface area contributed by atoms with Crippen molar-refractivity contribution in [3.05, 3.63) is 101 Å². The Labute approximate surface area is 203 Å².